The van der Waals surface area contributed by atoms with Gasteiger partial charge in [0.15, 0.2) is 0 Å². The van der Waals surface area contributed by atoms with E-state index in [4.69, 9.17) is 6.57 Å². The van der Waals surface area contributed by atoms with E-state index in [2.05, 4.69) is 52.3 Å². The Balaban J connectivity index is 1.13. The molecule has 3 amide bonds. The van der Waals surface area contributed by atoms with Crippen molar-refractivity contribution in [2.45, 2.75) is 70.0 Å². The molecule has 7 nitrogen and oxygen atoms in total. The van der Waals surface area contributed by atoms with Gasteiger partial charge in [0.2, 0.25) is 11.8 Å². The lowest BCUT2D eigenvalue weighted by molar-refractivity contribution is -0.136. The van der Waals surface area contributed by atoms with Crippen LogP contribution in [0.5, 0.6) is 0 Å². The summed E-state index contributed by atoms with van der Waals surface area (Å²) in [6.07, 6.45) is 5.35. The van der Waals surface area contributed by atoms with E-state index < -0.39 is 11.6 Å². The van der Waals surface area contributed by atoms with Crippen LogP contribution < -0.4 is 5.32 Å². The van der Waals surface area contributed by atoms with E-state index >= 15 is 0 Å². The summed E-state index contributed by atoms with van der Waals surface area (Å²) in [7, 11) is 0. The topological polar surface area (TPSA) is 74.1 Å². The van der Waals surface area contributed by atoms with Gasteiger partial charge in [0.25, 0.3) is 11.4 Å². The molecule has 1 unspecified atom stereocenters. The normalized spacial score (nSPS) is 21.5. The monoisotopic (exact) mass is 498 g/mol. The molecule has 0 saturated carbocycles. The second-order valence-electron chi connectivity index (χ2n) is 10.7. The molecule has 1 atom stereocenters. The highest BCUT2D eigenvalue weighted by Gasteiger charge is 2.42. The Kier molecular flexibility index (Phi) is 7.12. The van der Waals surface area contributed by atoms with Gasteiger partial charge in [0, 0.05) is 50.0 Å². The number of nitrogens with zero attached hydrogens (tertiary/aromatic N) is 3. The van der Waals surface area contributed by atoms with Gasteiger partial charge in [-0.15, -0.1) is 0 Å². The van der Waals surface area contributed by atoms with Crippen molar-refractivity contribution in [2.24, 2.45) is 0 Å². The quantitative estimate of drug-likeness (QED) is 0.356. The van der Waals surface area contributed by atoms with Crippen LogP contribution in [0.25, 0.3) is 4.85 Å². The molecule has 3 aliphatic heterocycles. The Morgan fingerprint density at radius 1 is 1.08 bits per heavy atom. The minimum Gasteiger partial charge on any atom is -0.322 e. The summed E-state index contributed by atoms with van der Waals surface area (Å²) >= 11 is 0. The maximum atomic E-state index is 13.0. The van der Waals surface area contributed by atoms with Crippen molar-refractivity contribution in [2.75, 3.05) is 19.6 Å². The zero-order valence-corrected chi connectivity index (χ0v) is 21.5. The summed E-state index contributed by atoms with van der Waals surface area (Å²) < 4.78 is 0. The first-order valence-corrected chi connectivity index (χ1v) is 13.3. The maximum absolute atomic E-state index is 13.0. The number of aryl methyl sites for hydroxylation is 2. The number of nitrogens with one attached hydrogen (secondary N) is 1. The minimum atomic E-state index is -0.577. The van der Waals surface area contributed by atoms with Gasteiger partial charge >= 0.3 is 0 Å². The molecule has 7 heteroatoms. The summed E-state index contributed by atoms with van der Waals surface area (Å²) in [6.45, 7) is 13.3. The standard InChI is InChI=1S/C30H34N4O3/c1-21-7-5-10-23(19-21)30(31-2)14-17-33(18-15-30)16-4-3-8-22-9-6-11-24-25(22)20-34(29(24)37)26-12-13-27(35)32-28(26)36/h5-7,9-11,19,26H,3-4,8,12-18,20H2,1H3,(H,32,35,36). The molecule has 192 valence electrons. The number of imide groups is 1. The highest BCUT2D eigenvalue weighted by molar-refractivity contribution is 6.05. The number of carbonyl (C=O) groups excluding carboxylic acids is 3. The van der Waals surface area contributed by atoms with Crippen molar-refractivity contribution in [3.8, 4) is 0 Å². The SMILES string of the molecule is [C-]#[N+]C1(c2cccc(C)c2)CCN(CCCCc2cccc3c2CN(C2CCC(=O)NC2=O)C3=O)CC1. The van der Waals surface area contributed by atoms with Crippen molar-refractivity contribution in [3.05, 3.63) is 81.7 Å². The third-order valence-electron chi connectivity index (χ3n) is 8.30. The van der Waals surface area contributed by atoms with Crippen molar-refractivity contribution < 1.29 is 14.4 Å². The fraction of sp³-hybridized carbons (Fsp3) is 0.467. The first-order valence-electron chi connectivity index (χ1n) is 13.3. The van der Waals surface area contributed by atoms with Gasteiger partial charge in [-0.05, 0) is 62.4 Å². The van der Waals surface area contributed by atoms with Gasteiger partial charge in [-0.1, -0.05) is 35.9 Å². The Labute approximate surface area is 218 Å². The number of likely N-dealkylation sites (tertiary alicyclic amines) is 1. The smallest absolute Gasteiger partial charge is 0.260 e. The Morgan fingerprint density at radius 2 is 1.86 bits per heavy atom. The van der Waals surface area contributed by atoms with E-state index in [1.807, 2.05) is 12.1 Å². The zero-order valence-electron chi connectivity index (χ0n) is 21.5. The lowest BCUT2D eigenvalue weighted by Crippen LogP contribution is -2.52. The highest BCUT2D eigenvalue weighted by Crippen LogP contribution is 2.37. The van der Waals surface area contributed by atoms with Crippen LogP contribution in [0.2, 0.25) is 0 Å². The van der Waals surface area contributed by atoms with Crippen LogP contribution in [0.3, 0.4) is 0 Å². The van der Waals surface area contributed by atoms with E-state index in [-0.39, 0.29) is 24.1 Å². The second kappa shape index (κ2) is 10.5. The van der Waals surface area contributed by atoms with Crippen molar-refractivity contribution in [1.29, 1.82) is 0 Å². The van der Waals surface area contributed by atoms with Gasteiger partial charge in [0.1, 0.15) is 6.04 Å². The minimum absolute atomic E-state index is 0.114. The van der Waals surface area contributed by atoms with Gasteiger partial charge in [0.05, 0.1) is 0 Å². The highest BCUT2D eigenvalue weighted by atomic mass is 16.2. The Bertz CT molecular complexity index is 1260. The molecular formula is C30H34N4O3. The Hall–Kier alpha value is -3.50. The molecule has 2 fully saturated rings. The molecule has 3 aliphatic rings. The van der Waals surface area contributed by atoms with E-state index in [1.54, 1.807) is 4.90 Å². The summed E-state index contributed by atoms with van der Waals surface area (Å²) in [4.78, 5) is 45.1. The van der Waals surface area contributed by atoms with Crippen molar-refractivity contribution >= 4 is 17.7 Å². The zero-order chi connectivity index (χ0) is 26.0. The van der Waals surface area contributed by atoms with Crippen LogP contribution in [-0.2, 0) is 28.1 Å². The van der Waals surface area contributed by atoms with E-state index in [0.29, 0.717) is 18.5 Å². The number of hydrogen-bond acceptors (Lipinski definition) is 4. The molecular weight excluding hydrogens is 464 g/mol. The third kappa shape index (κ3) is 5.03. The molecule has 0 radical (unpaired) electrons. The molecule has 0 bridgehead atoms. The van der Waals surface area contributed by atoms with Crippen molar-refractivity contribution in [1.82, 2.24) is 15.1 Å². The van der Waals surface area contributed by atoms with Crippen molar-refractivity contribution in [3.63, 3.8) is 0 Å². The number of piperidine rings is 2. The predicted molar refractivity (Wildman–Crippen MR) is 141 cm³/mol. The van der Waals surface area contributed by atoms with Crippen LogP contribution in [-0.4, -0.2) is 53.2 Å². The average molecular weight is 499 g/mol. The summed E-state index contributed by atoms with van der Waals surface area (Å²) in [5.74, 6) is -0.753. The molecule has 0 aromatic heterocycles. The summed E-state index contributed by atoms with van der Waals surface area (Å²) in [6, 6.07) is 13.7. The largest absolute Gasteiger partial charge is 0.322 e. The van der Waals surface area contributed by atoms with Gasteiger partial charge in [-0.25, -0.2) is 6.57 Å². The fourth-order valence-corrected chi connectivity index (χ4v) is 6.08. The van der Waals surface area contributed by atoms with E-state index in [1.165, 1.54) is 11.1 Å². The number of benzene rings is 2. The first-order chi connectivity index (χ1) is 17.9. The third-order valence-corrected chi connectivity index (χ3v) is 8.30. The predicted octanol–water partition coefficient (Wildman–Crippen LogP) is 3.99. The Morgan fingerprint density at radius 3 is 2.59 bits per heavy atom. The maximum Gasteiger partial charge on any atom is 0.260 e. The number of rotatable bonds is 7. The number of hydrogen-bond donors (Lipinski definition) is 1. The molecule has 1 N–H and O–H groups in total. The van der Waals surface area contributed by atoms with Crippen LogP contribution in [0.4, 0.5) is 0 Å². The molecule has 3 heterocycles. The van der Waals surface area contributed by atoms with Crippen LogP contribution in [0, 0.1) is 13.5 Å². The molecule has 0 aliphatic carbocycles. The van der Waals surface area contributed by atoms with Gasteiger partial charge in [-0.2, -0.15) is 0 Å². The lowest BCUT2D eigenvalue weighted by atomic mass is 9.81. The number of carbonyl (C=O) groups is 3. The first kappa shape index (κ1) is 25.2. The van der Waals surface area contributed by atoms with Gasteiger partial charge in [-0.3, -0.25) is 19.7 Å². The summed E-state index contributed by atoms with van der Waals surface area (Å²) in [5, 5.41) is 2.37. The molecule has 37 heavy (non-hydrogen) atoms. The average Bonchev–Trinajstić information content (AvgIpc) is 3.24. The number of amides is 3. The number of fused-ring (bicyclic) bond motifs is 1. The molecule has 0 spiro atoms. The molecule has 2 saturated heterocycles. The number of unbranched alkanes of at least 4 members (excludes halogenated alkanes) is 1. The fourth-order valence-electron chi connectivity index (χ4n) is 6.08. The van der Waals surface area contributed by atoms with Gasteiger partial charge < -0.3 is 14.6 Å². The van der Waals surface area contributed by atoms with E-state index in [9.17, 15) is 14.4 Å². The lowest BCUT2D eigenvalue weighted by Gasteiger charge is -2.34. The molecule has 5 rings (SSSR count). The van der Waals surface area contributed by atoms with E-state index in [0.717, 1.165) is 62.9 Å². The van der Waals surface area contributed by atoms with Crippen LogP contribution in [0.1, 0.15) is 71.1 Å². The van der Waals surface area contributed by atoms with Crippen LogP contribution in [0.15, 0.2) is 42.5 Å². The second-order valence-corrected chi connectivity index (χ2v) is 10.7. The summed E-state index contributed by atoms with van der Waals surface area (Å²) in [5.41, 5.74) is 4.85. The molecule has 2 aromatic carbocycles. The van der Waals surface area contributed by atoms with Crippen LogP contribution >= 0.6 is 0 Å². The molecule has 2 aromatic rings.